The highest BCUT2D eigenvalue weighted by atomic mass is 32.5. The summed E-state index contributed by atoms with van der Waals surface area (Å²) in [7, 11) is 0. The Bertz CT molecular complexity index is 210. The molecule has 0 aromatic carbocycles. The molecule has 64 valence electrons. The first-order chi connectivity index (χ1) is 4.92. The van der Waals surface area contributed by atoms with E-state index in [9.17, 15) is 4.79 Å². The number of nitrogens with one attached hydrogen (secondary N) is 1. The molecule has 11 heavy (non-hydrogen) atoms. The van der Waals surface area contributed by atoms with Crippen molar-refractivity contribution in [1.29, 1.82) is 0 Å². The Hall–Kier alpha value is -0.260. The van der Waals surface area contributed by atoms with Crippen LogP contribution in [0.4, 0.5) is 0 Å². The van der Waals surface area contributed by atoms with Gasteiger partial charge in [-0.1, -0.05) is 6.08 Å². The highest BCUT2D eigenvalue weighted by molar-refractivity contribution is 8.08. The molecule has 0 spiro atoms. The standard InChI is InChI=1S/C4H8NO4PS/c6-4(7)2-1-3-5-10(8,9)11/h1-2H,3H2,(H,6,7)(H3,5,8,9,11). The van der Waals surface area contributed by atoms with Gasteiger partial charge in [0.15, 0.2) is 0 Å². The number of carboxylic acid groups (broad SMARTS) is 1. The van der Waals surface area contributed by atoms with E-state index in [1.54, 1.807) is 0 Å². The van der Waals surface area contributed by atoms with Crippen LogP contribution in [0.15, 0.2) is 12.2 Å². The van der Waals surface area contributed by atoms with E-state index in [0.717, 1.165) is 6.08 Å². The smallest absolute Gasteiger partial charge is 0.328 e. The van der Waals surface area contributed by atoms with E-state index >= 15 is 0 Å². The Labute approximate surface area is 68.6 Å². The fourth-order valence-corrected chi connectivity index (χ4v) is 0.898. The van der Waals surface area contributed by atoms with Gasteiger partial charge in [-0.15, -0.1) is 0 Å². The average Bonchev–Trinajstić information content (AvgIpc) is 1.78. The van der Waals surface area contributed by atoms with E-state index in [0.29, 0.717) is 0 Å². The minimum absolute atomic E-state index is 0.0383. The topological polar surface area (TPSA) is 89.8 Å². The number of carbonyl (C=O) groups is 1. The van der Waals surface area contributed by atoms with Crippen molar-refractivity contribution in [3.63, 3.8) is 0 Å². The number of carboxylic acids is 1. The van der Waals surface area contributed by atoms with Crippen LogP contribution in [0.2, 0.25) is 0 Å². The second-order valence-electron chi connectivity index (χ2n) is 1.65. The molecule has 0 heterocycles. The lowest BCUT2D eigenvalue weighted by Crippen LogP contribution is -2.08. The van der Waals surface area contributed by atoms with Gasteiger partial charge in [-0.3, -0.25) is 0 Å². The molecule has 0 aromatic rings. The lowest BCUT2D eigenvalue weighted by atomic mass is 10.5. The summed E-state index contributed by atoms with van der Waals surface area (Å²) in [4.78, 5) is 27.0. The first kappa shape index (κ1) is 10.7. The summed E-state index contributed by atoms with van der Waals surface area (Å²) < 4.78 is 0. The molecule has 0 aliphatic carbocycles. The number of hydrogen-bond donors (Lipinski definition) is 4. The highest BCUT2D eigenvalue weighted by Gasteiger charge is 2.02. The molecular weight excluding hydrogens is 189 g/mol. The summed E-state index contributed by atoms with van der Waals surface area (Å²) in [5, 5.41) is 10.3. The first-order valence-corrected chi connectivity index (χ1v) is 5.33. The third-order valence-corrected chi connectivity index (χ3v) is 1.66. The van der Waals surface area contributed by atoms with Crippen molar-refractivity contribution in [1.82, 2.24) is 5.09 Å². The van der Waals surface area contributed by atoms with Crippen LogP contribution < -0.4 is 5.09 Å². The molecule has 0 aliphatic rings. The van der Waals surface area contributed by atoms with Crippen LogP contribution in [0, 0.1) is 0 Å². The molecule has 0 saturated carbocycles. The molecule has 7 heteroatoms. The zero-order valence-corrected chi connectivity index (χ0v) is 7.18. The van der Waals surface area contributed by atoms with Crippen molar-refractivity contribution >= 4 is 24.4 Å². The van der Waals surface area contributed by atoms with E-state index in [2.05, 4.69) is 16.9 Å². The van der Waals surface area contributed by atoms with Gasteiger partial charge in [0, 0.05) is 12.6 Å². The lowest BCUT2D eigenvalue weighted by molar-refractivity contribution is -0.131. The summed E-state index contributed by atoms with van der Waals surface area (Å²) >= 11 is 4.19. The quantitative estimate of drug-likeness (QED) is 0.356. The first-order valence-electron chi connectivity index (χ1n) is 2.62. The van der Waals surface area contributed by atoms with E-state index < -0.39 is 12.6 Å². The van der Waals surface area contributed by atoms with E-state index in [-0.39, 0.29) is 6.54 Å². The van der Waals surface area contributed by atoms with Crippen molar-refractivity contribution in [2.75, 3.05) is 6.54 Å². The fourth-order valence-electron chi connectivity index (χ4n) is 0.331. The Morgan fingerprint density at radius 2 is 2.18 bits per heavy atom. The van der Waals surface area contributed by atoms with E-state index in [1.807, 2.05) is 0 Å². The van der Waals surface area contributed by atoms with Gasteiger partial charge in [0.2, 0.25) is 0 Å². The molecule has 0 unspecified atom stereocenters. The zero-order chi connectivity index (χ0) is 8.91. The molecule has 0 atom stereocenters. The van der Waals surface area contributed by atoms with Crippen LogP contribution in [0.5, 0.6) is 0 Å². The van der Waals surface area contributed by atoms with Crippen LogP contribution in [-0.4, -0.2) is 27.4 Å². The maximum absolute atomic E-state index is 9.87. The molecule has 0 bridgehead atoms. The molecule has 4 N–H and O–H groups in total. The summed E-state index contributed by atoms with van der Waals surface area (Å²) in [6.07, 6.45) is 2.12. The van der Waals surface area contributed by atoms with Crippen molar-refractivity contribution in [3.8, 4) is 0 Å². The Balaban J connectivity index is 3.59. The summed E-state index contributed by atoms with van der Waals surface area (Å²) in [6, 6.07) is 0. The van der Waals surface area contributed by atoms with Gasteiger partial charge >= 0.3 is 5.97 Å². The fraction of sp³-hybridized carbons (Fsp3) is 0.250. The molecular formula is C4H8NO4PS. The SMILES string of the molecule is O=C(O)C=CCNP(O)(O)=S. The van der Waals surface area contributed by atoms with Gasteiger partial charge in [0.25, 0.3) is 6.64 Å². The summed E-state index contributed by atoms with van der Waals surface area (Å²) in [5.41, 5.74) is 0. The van der Waals surface area contributed by atoms with Crippen LogP contribution in [0.3, 0.4) is 0 Å². The predicted octanol–water partition coefficient (Wildman–Crippen LogP) is -0.574. The van der Waals surface area contributed by atoms with Crippen molar-refractivity contribution < 1.29 is 19.7 Å². The van der Waals surface area contributed by atoms with Crippen molar-refractivity contribution in [2.24, 2.45) is 0 Å². The normalized spacial score (nSPS) is 12.2. The number of rotatable bonds is 4. The minimum Gasteiger partial charge on any atom is -0.478 e. The van der Waals surface area contributed by atoms with E-state index in [4.69, 9.17) is 14.9 Å². The average molecular weight is 197 g/mol. The highest BCUT2D eigenvalue weighted by Crippen LogP contribution is 2.27. The molecule has 5 nitrogen and oxygen atoms in total. The minimum atomic E-state index is -3.39. The van der Waals surface area contributed by atoms with Gasteiger partial charge < -0.3 is 14.9 Å². The third-order valence-electron chi connectivity index (χ3n) is 0.676. The summed E-state index contributed by atoms with van der Waals surface area (Å²) in [5.74, 6) is -1.09. The molecule has 0 saturated heterocycles. The van der Waals surface area contributed by atoms with Crippen LogP contribution >= 0.6 is 6.64 Å². The monoisotopic (exact) mass is 197 g/mol. The van der Waals surface area contributed by atoms with Gasteiger partial charge in [0.05, 0.1) is 0 Å². The van der Waals surface area contributed by atoms with Gasteiger partial charge in [0.1, 0.15) is 0 Å². The second-order valence-corrected chi connectivity index (χ2v) is 4.58. The van der Waals surface area contributed by atoms with Gasteiger partial charge in [-0.05, 0) is 11.8 Å². The Morgan fingerprint density at radius 3 is 2.55 bits per heavy atom. The molecule has 0 aromatic heterocycles. The maximum Gasteiger partial charge on any atom is 0.328 e. The van der Waals surface area contributed by atoms with Crippen molar-refractivity contribution in [2.45, 2.75) is 0 Å². The Kier molecular flexibility index (Phi) is 4.48. The molecule has 0 aliphatic heterocycles. The van der Waals surface area contributed by atoms with Crippen LogP contribution in [0.25, 0.3) is 0 Å². The largest absolute Gasteiger partial charge is 0.478 e. The summed E-state index contributed by atoms with van der Waals surface area (Å²) in [6.45, 7) is -3.35. The second kappa shape index (κ2) is 4.58. The molecule has 0 radical (unpaired) electrons. The third kappa shape index (κ3) is 9.74. The van der Waals surface area contributed by atoms with Gasteiger partial charge in [-0.2, -0.15) is 0 Å². The maximum atomic E-state index is 9.87. The van der Waals surface area contributed by atoms with Gasteiger partial charge in [-0.25, -0.2) is 9.88 Å². The predicted molar refractivity (Wildman–Crippen MR) is 43.5 cm³/mol. The van der Waals surface area contributed by atoms with E-state index in [1.165, 1.54) is 6.08 Å². The van der Waals surface area contributed by atoms with Crippen molar-refractivity contribution in [3.05, 3.63) is 12.2 Å². The lowest BCUT2D eigenvalue weighted by Gasteiger charge is -2.05. The van der Waals surface area contributed by atoms with Crippen LogP contribution in [-0.2, 0) is 16.6 Å². The molecule has 0 amide bonds. The molecule has 0 fully saturated rings. The van der Waals surface area contributed by atoms with Crippen LogP contribution in [0.1, 0.15) is 0 Å². The number of hydrogen-bond acceptors (Lipinski definition) is 2. The Morgan fingerprint density at radius 1 is 1.64 bits per heavy atom. The zero-order valence-electron chi connectivity index (χ0n) is 5.47. The number of aliphatic carboxylic acids is 1. The molecule has 0 rings (SSSR count).